The standard InChI is InChI=1S/C14H25N3O/c1-10(2)12(6-15)14-7-16-9-17(14)13-4-5-18-8-11(13)3/h7,9-13H,4-6,8,15H2,1-3H3. The highest BCUT2D eigenvalue weighted by atomic mass is 16.5. The van der Waals surface area contributed by atoms with E-state index in [9.17, 15) is 0 Å². The second-order valence-corrected chi connectivity index (χ2v) is 5.72. The van der Waals surface area contributed by atoms with Crippen molar-refractivity contribution in [2.75, 3.05) is 19.8 Å². The highest BCUT2D eigenvalue weighted by Crippen LogP contribution is 2.32. The van der Waals surface area contributed by atoms with Crippen LogP contribution in [0.25, 0.3) is 0 Å². The molecule has 1 aromatic heterocycles. The smallest absolute Gasteiger partial charge is 0.0951 e. The van der Waals surface area contributed by atoms with Crippen molar-refractivity contribution in [2.45, 2.75) is 39.2 Å². The zero-order valence-corrected chi connectivity index (χ0v) is 11.7. The highest BCUT2D eigenvalue weighted by molar-refractivity contribution is 5.10. The quantitative estimate of drug-likeness (QED) is 0.892. The second-order valence-electron chi connectivity index (χ2n) is 5.72. The van der Waals surface area contributed by atoms with Gasteiger partial charge in [-0.3, -0.25) is 0 Å². The predicted octanol–water partition coefficient (Wildman–Crippen LogP) is 2.18. The largest absolute Gasteiger partial charge is 0.381 e. The molecule has 0 bridgehead atoms. The molecule has 18 heavy (non-hydrogen) atoms. The molecule has 0 aliphatic carbocycles. The van der Waals surface area contributed by atoms with Crippen LogP contribution >= 0.6 is 0 Å². The van der Waals surface area contributed by atoms with Crippen LogP contribution in [0.2, 0.25) is 0 Å². The van der Waals surface area contributed by atoms with Gasteiger partial charge in [0.05, 0.1) is 12.9 Å². The average Bonchev–Trinajstić information content (AvgIpc) is 2.79. The third-order valence-electron chi connectivity index (χ3n) is 4.09. The second kappa shape index (κ2) is 5.85. The zero-order chi connectivity index (χ0) is 13.1. The van der Waals surface area contributed by atoms with Crippen molar-refractivity contribution >= 4 is 0 Å². The van der Waals surface area contributed by atoms with Crippen molar-refractivity contribution in [3.63, 3.8) is 0 Å². The number of rotatable bonds is 4. The maximum atomic E-state index is 5.93. The summed E-state index contributed by atoms with van der Waals surface area (Å²) in [5.74, 6) is 1.47. The van der Waals surface area contributed by atoms with E-state index in [0.29, 0.717) is 30.3 Å². The lowest BCUT2D eigenvalue weighted by Gasteiger charge is -2.33. The SMILES string of the molecule is CC(C)C(CN)c1cncn1C1CCOCC1C. The first kappa shape index (κ1) is 13.6. The van der Waals surface area contributed by atoms with Gasteiger partial charge in [0, 0.05) is 42.9 Å². The molecule has 3 atom stereocenters. The fourth-order valence-corrected chi connectivity index (χ4v) is 2.90. The summed E-state index contributed by atoms with van der Waals surface area (Å²) in [5.41, 5.74) is 7.22. The first-order valence-corrected chi connectivity index (χ1v) is 6.94. The summed E-state index contributed by atoms with van der Waals surface area (Å²) in [6.07, 6.45) is 5.02. The molecule has 2 rings (SSSR count). The van der Waals surface area contributed by atoms with Crippen molar-refractivity contribution < 1.29 is 4.74 Å². The molecular weight excluding hydrogens is 226 g/mol. The van der Waals surface area contributed by atoms with Gasteiger partial charge in [-0.2, -0.15) is 0 Å². The zero-order valence-electron chi connectivity index (χ0n) is 11.7. The number of nitrogens with zero attached hydrogens (tertiary/aromatic N) is 2. The molecule has 1 aromatic rings. The molecule has 0 radical (unpaired) electrons. The van der Waals surface area contributed by atoms with Gasteiger partial charge < -0.3 is 15.0 Å². The first-order chi connectivity index (χ1) is 8.65. The van der Waals surface area contributed by atoms with Crippen molar-refractivity contribution in [2.24, 2.45) is 17.6 Å². The van der Waals surface area contributed by atoms with Gasteiger partial charge >= 0.3 is 0 Å². The molecule has 0 amide bonds. The molecule has 3 unspecified atom stereocenters. The number of imidazole rings is 1. The Bertz CT molecular complexity index is 375. The van der Waals surface area contributed by atoms with Gasteiger partial charge in [-0.05, 0) is 12.3 Å². The van der Waals surface area contributed by atoms with E-state index in [1.807, 2.05) is 12.5 Å². The minimum absolute atomic E-state index is 0.391. The Hall–Kier alpha value is -0.870. The Labute approximate surface area is 110 Å². The number of ether oxygens (including phenoxy) is 1. The minimum atomic E-state index is 0.391. The number of nitrogens with two attached hydrogens (primary N) is 1. The van der Waals surface area contributed by atoms with Crippen molar-refractivity contribution in [3.05, 3.63) is 18.2 Å². The highest BCUT2D eigenvalue weighted by Gasteiger charge is 2.27. The molecule has 1 fully saturated rings. The Balaban J connectivity index is 2.25. The maximum absolute atomic E-state index is 5.93. The Morgan fingerprint density at radius 2 is 2.33 bits per heavy atom. The molecule has 1 aliphatic rings. The van der Waals surface area contributed by atoms with Gasteiger partial charge in [-0.25, -0.2) is 4.98 Å². The Morgan fingerprint density at radius 1 is 1.56 bits per heavy atom. The lowest BCUT2D eigenvalue weighted by Crippen LogP contribution is -2.30. The van der Waals surface area contributed by atoms with E-state index in [-0.39, 0.29) is 0 Å². The molecule has 0 spiro atoms. The van der Waals surface area contributed by atoms with E-state index >= 15 is 0 Å². The van der Waals surface area contributed by atoms with Crippen LogP contribution in [0.1, 0.15) is 44.8 Å². The molecule has 0 aromatic carbocycles. The molecule has 102 valence electrons. The van der Waals surface area contributed by atoms with Crippen LogP contribution in [-0.4, -0.2) is 29.3 Å². The normalized spacial score (nSPS) is 26.5. The van der Waals surface area contributed by atoms with Crippen LogP contribution in [0.5, 0.6) is 0 Å². The van der Waals surface area contributed by atoms with E-state index in [1.165, 1.54) is 5.69 Å². The van der Waals surface area contributed by atoms with Gasteiger partial charge in [-0.15, -0.1) is 0 Å². The van der Waals surface area contributed by atoms with Crippen LogP contribution in [0.3, 0.4) is 0 Å². The van der Waals surface area contributed by atoms with Gasteiger partial charge in [0.1, 0.15) is 0 Å². The molecule has 2 N–H and O–H groups in total. The number of aromatic nitrogens is 2. The Morgan fingerprint density at radius 3 is 2.94 bits per heavy atom. The molecule has 4 nitrogen and oxygen atoms in total. The van der Waals surface area contributed by atoms with Crippen molar-refractivity contribution in [1.82, 2.24) is 9.55 Å². The van der Waals surface area contributed by atoms with Crippen molar-refractivity contribution in [3.8, 4) is 0 Å². The van der Waals surface area contributed by atoms with Crippen molar-refractivity contribution in [1.29, 1.82) is 0 Å². The van der Waals surface area contributed by atoms with Crippen LogP contribution in [0.15, 0.2) is 12.5 Å². The summed E-state index contributed by atoms with van der Waals surface area (Å²) in [7, 11) is 0. The summed E-state index contributed by atoms with van der Waals surface area (Å²) < 4.78 is 7.86. The van der Waals surface area contributed by atoms with E-state index in [2.05, 4.69) is 30.3 Å². The monoisotopic (exact) mass is 251 g/mol. The summed E-state index contributed by atoms with van der Waals surface area (Å²) in [6.45, 7) is 9.07. The fourth-order valence-electron chi connectivity index (χ4n) is 2.90. The molecule has 1 saturated heterocycles. The van der Waals surface area contributed by atoms with Crippen LogP contribution in [0.4, 0.5) is 0 Å². The molecule has 1 aliphatic heterocycles. The predicted molar refractivity (Wildman–Crippen MR) is 72.5 cm³/mol. The van der Waals surface area contributed by atoms with Gasteiger partial charge in [0.15, 0.2) is 0 Å². The average molecular weight is 251 g/mol. The first-order valence-electron chi connectivity index (χ1n) is 6.94. The molecular formula is C14H25N3O. The van der Waals surface area contributed by atoms with E-state index in [4.69, 9.17) is 10.5 Å². The van der Waals surface area contributed by atoms with Crippen LogP contribution in [-0.2, 0) is 4.74 Å². The Kier molecular flexibility index (Phi) is 4.40. The molecule has 4 heteroatoms. The third kappa shape index (κ3) is 2.59. The van der Waals surface area contributed by atoms with Gasteiger partial charge in [0.2, 0.25) is 0 Å². The summed E-state index contributed by atoms with van der Waals surface area (Å²) in [6, 6.07) is 0.504. The van der Waals surface area contributed by atoms with E-state index in [0.717, 1.165) is 19.6 Å². The third-order valence-corrected chi connectivity index (χ3v) is 4.09. The van der Waals surface area contributed by atoms with Gasteiger partial charge in [0.25, 0.3) is 0 Å². The lowest BCUT2D eigenvalue weighted by atomic mass is 9.91. The minimum Gasteiger partial charge on any atom is -0.381 e. The lowest BCUT2D eigenvalue weighted by molar-refractivity contribution is 0.0275. The maximum Gasteiger partial charge on any atom is 0.0951 e. The fraction of sp³-hybridized carbons (Fsp3) is 0.786. The molecule has 0 saturated carbocycles. The van der Waals surface area contributed by atoms with Crippen LogP contribution in [0, 0.1) is 11.8 Å². The summed E-state index contributed by atoms with van der Waals surface area (Å²) >= 11 is 0. The molecule has 2 heterocycles. The van der Waals surface area contributed by atoms with E-state index in [1.54, 1.807) is 0 Å². The van der Waals surface area contributed by atoms with Gasteiger partial charge in [-0.1, -0.05) is 20.8 Å². The summed E-state index contributed by atoms with van der Waals surface area (Å²) in [4.78, 5) is 4.35. The van der Waals surface area contributed by atoms with E-state index < -0.39 is 0 Å². The summed E-state index contributed by atoms with van der Waals surface area (Å²) in [5, 5.41) is 0. The topological polar surface area (TPSA) is 53.1 Å². The van der Waals surface area contributed by atoms with Crippen LogP contribution < -0.4 is 5.73 Å². The number of hydrogen-bond acceptors (Lipinski definition) is 3. The number of hydrogen-bond donors (Lipinski definition) is 1.